The molecule has 2 aromatic rings. The van der Waals surface area contributed by atoms with E-state index in [9.17, 15) is 9.59 Å². The normalized spacial score (nSPS) is 23.9. The maximum atomic E-state index is 12.9. The molecule has 1 N–H and O–H groups in total. The maximum Gasteiger partial charge on any atom is 0.271 e. The highest BCUT2D eigenvalue weighted by Gasteiger charge is 2.50. The Morgan fingerprint density at radius 3 is 2.79 bits per heavy atom. The number of rotatable bonds is 5. The van der Waals surface area contributed by atoms with Crippen LogP contribution in [0.2, 0.25) is 0 Å². The first-order valence-corrected chi connectivity index (χ1v) is 9.71. The number of imidazole rings is 1. The second-order valence-electron chi connectivity index (χ2n) is 7.69. The molecule has 2 aliphatic rings. The first-order chi connectivity index (χ1) is 13.6. The second-order valence-corrected chi connectivity index (χ2v) is 7.69. The minimum Gasteiger partial charge on any atom is -0.384 e. The van der Waals surface area contributed by atoms with Gasteiger partial charge in [-0.15, -0.1) is 0 Å². The number of nitrogens with one attached hydrogen (secondary N) is 1. The van der Waals surface area contributed by atoms with Gasteiger partial charge in [-0.25, -0.2) is 4.98 Å². The van der Waals surface area contributed by atoms with Gasteiger partial charge in [0.25, 0.3) is 5.91 Å². The Balaban J connectivity index is 1.60. The molecule has 7 heteroatoms. The number of aryl methyl sites for hydroxylation is 1. The molecule has 1 aromatic carbocycles. The number of nitrogens with zero attached hydrogens (tertiary/aromatic N) is 3. The summed E-state index contributed by atoms with van der Waals surface area (Å²) in [6.45, 7) is 4.51. The van der Waals surface area contributed by atoms with Crippen molar-refractivity contribution in [2.45, 2.75) is 19.4 Å². The SMILES string of the molecule is COCCC(=O)N1C[C@@H]2CN(C(=O)c3cnc[nH]3)C[C@@H]2[C@H]1c1ccccc1C. The number of aromatic nitrogens is 2. The molecule has 0 aliphatic carbocycles. The van der Waals surface area contributed by atoms with E-state index in [2.05, 4.69) is 29.0 Å². The van der Waals surface area contributed by atoms with Crippen molar-refractivity contribution in [1.82, 2.24) is 19.8 Å². The van der Waals surface area contributed by atoms with Gasteiger partial charge in [0.1, 0.15) is 5.69 Å². The van der Waals surface area contributed by atoms with Crippen LogP contribution in [0.1, 0.15) is 34.1 Å². The van der Waals surface area contributed by atoms with Crippen LogP contribution in [0.25, 0.3) is 0 Å². The fraction of sp³-hybridized carbons (Fsp3) is 0.476. The van der Waals surface area contributed by atoms with Crippen LogP contribution in [0.4, 0.5) is 0 Å². The number of H-pyrrole nitrogens is 1. The first-order valence-electron chi connectivity index (χ1n) is 9.71. The summed E-state index contributed by atoms with van der Waals surface area (Å²) < 4.78 is 5.11. The van der Waals surface area contributed by atoms with Crippen LogP contribution in [0, 0.1) is 18.8 Å². The number of hydrogen-bond acceptors (Lipinski definition) is 4. The molecule has 4 rings (SSSR count). The van der Waals surface area contributed by atoms with Crippen LogP contribution >= 0.6 is 0 Å². The monoisotopic (exact) mass is 382 g/mol. The quantitative estimate of drug-likeness (QED) is 0.858. The first kappa shape index (κ1) is 18.7. The fourth-order valence-corrected chi connectivity index (χ4v) is 4.66. The van der Waals surface area contributed by atoms with E-state index < -0.39 is 0 Å². The van der Waals surface area contributed by atoms with E-state index in [1.54, 1.807) is 13.3 Å². The number of carbonyl (C=O) groups is 2. The van der Waals surface area contributed by atoms with Gasteiger partial charge in [-0.2, -0.15) is 0 Å². The third-order valence-corrected chi connectivity index (χ3v) is 6.03. The molecule has 2 fully saturated rings. The van der Waals surface area contributed by atoms with Crippen molar-refractivity contribution in [3.8, 4) is 0 Å². The third kappa shape index (κ3) is 3.30. The van der Waals surface area contributed by atoms with E-state index in [1.807, 2.05) is 21.9 Å². The van der Waals surface area contributed by atoms with Gasteiger partial charge in [-0.1, -0.05) is 24.3 Å². The molecule has 0 unspecified atom stereocenters. The van der Waals surface area contributed by atoms with Crippen LogP contribution in [0.5, 0.6) is 0 Å². The average Bonchev–Trinajstić information content (AvgIpc) is 3.42. The highest BCUT2D eigenvalue weighted by molar-refractivity contribution is 5.92. The summed E-state index contributed by atoms with van der Waals surface area (Å²) in [5, 5.41) is 0. The van der Waals surface area contributed by atoms with E-state index >= 15 is 0 Å². The molecular formula is C21H26N4O3. The molecule has 2 aliphatic heterocycles. The van der Waals surface area contributed by atoms with Crippen molar-refractivity contribution < 1.29 is 14.3 Å². The van der Waals surface area contributed by atoms with Crippen LogP contribution in [-0.4, -0.2) is 64.9 Å². The summed E-state index contributed by atoms with van der Waals surface area (Å²) in [4.78, 5) is 36.4. The molecule has 7 nitrogen and oxygen atoms in total. The zero-order chi connectivity index (χ0) is 19.7. The van der Waals surface area contributed by atoms with E-state index in [0.29, 0.717) is 38.4 Å². The Bertz CT molecular complexity index is 851. The summed E-state index contributed by atoms with van der Waals surface area (Å²) in [5.74, 6) is 0.617. The Labute approximate surface area is 164 Å². The zero-order valence-electron chi connectivity index (χ0n) is 16.3. The highest BCUT2D eigenvalue weighted by Crippen LogP contribution is 2.46. The molecule has 2 saturated heterocycles. The number of hydrogen-bond donors (Lipinski definition) is 1. The second kappa shape index (κ2) is 7.75. The molecule has 2 amide bonds. The Morgan fingerprint density at radius 1 is 1.25 bits per heavy atom. The molecule has 28 heavy (non-hydrogen) atoms. The van der Waals surface area contributed by atoms with E-state index in [-0.39, 0.29) is 29.7 Å². The molecular weight excluding hydrogens is 356 g/mol. The van der Waals surface area contributed by atoms with Gasteiger partial charge in [-0.3, -0.25) is 9.59 Å². The fourth-order valence-electron chi connectivity index (χ4n) is 4.66. The molecule has 1 aromatic heterocycles. The number of aromatic amines is 1. The molecule has 0 spiro atoms. The van der Waals surface area contributed by atoms with E-state index in [1.165, 1.54) is 17.5 Å². The van der Waals surface area contributed by atoms with Crippen LogP contribution in [0.3, 0.4) is 0 Å². The van der Waals surface area contributed by atoms with Crippen LogP contribution < -0.4 is 0 Å². The minimum atomic E-state index is -0.0207. The van der Waals surface area contributed by atoms with Gasteiger partial charge in [0, 0.05) is 38.6 Å². The number of ether oxygens (including phenoxy) is 1. The van der Waals surface area contributed by atoms with Crippen molar-refractivity contribution in [1.29, 1.82) is 0 Å². The average molecular weight is 382 g/mol. The van der Waals surface area contributed by atoms with E-state index in [0.717, 1.165) is 0 Å². The standard InChI is InChI=1S/C21H26N4O3/c1-14-5-3-4-6-16(14)20-17-12-24(21(27)18-9-22-13-23-18)10-15(17)11-25(20)19(26)7-8-28-2/h3-6,9,13,15,17,20H,7-8,10-12H2,1-2H3,(H,22,23)/t15-,17-,20+/m0/s1. The predicted molar refractivity (Wildman–Crippen MR) is 104 cm³/mol. The Kier molecular flexibility index (Phi) is 5.17. The summed E-state index contributed by atoms with van der Waals surface area (Å²) in [7, 11) is 1.61. The predicted octanol–water partition coefficient (Wildman–Crippen LogP) is 2.03. The summed E-state index contributed by atoms with van der Waals surface area (Å²) in [6.07, 6.45) is 3.47. The van der Waals surface area contributed by atoms with Crippen molar-refractivity contribution in [2.75, 3.05) is 33.4 Å². The molecule has 3 heterocycles. The van der Waals surface area contributed by atoms with Crippen molar-refractivity contribution in [2.24, 2.45) is 11.8 Å². The number of methoxy groups -OCH3 is 1. The summed E-state index contributed by atoms with van der Waals surface area (Å²) in [5.41, 5.74) is 2.87. The smallest absolute Gasteiger partial charge is 0.271 e. The lowest BCUT2D eigenvalue weighted by atomic mass is 9.87. The van der Waals surface area contributed by atoms with Gasteiger partial charge in [0.05, 0.1) is 31.6 Å². The largest absolute Gasteiger partial charge is 0.384 e. The summed E-state index contributed by atoms with van der Waals surface area (Å²) in [6, 6.07) is 8.23. The molecule has 0 radical (unpaired) electrons. The molecule has 0 saturated carbocycles. The van der Waals surface area contributed by atoms with Gasteiger partial charge in [0.15, 0.2) is 0 Å². The topological polar surface area (TPSA) is 78.5 Å². The minimum absolute atomic E-state index is 0.00452. The molecule has 3 atom stereocenters. The Morgan fingerprint density at radius 2 is 2.07 bits per heavy atom. The number of fused-ring (bicyclic) bond motifs is 1. The van der Waals surface area contributed by atoms with Gasteiger partial charge in [-0.05, 0) is 18.1 Å². The van der Waals surface area contributed by atoms with Crippen LogP contribution in [0.15, 0.2) is 36.8 Å². The zero-order valence-corrected chi connectivity index (χ0v) is 16.3. The lowest BCUT2D eigenvalue weighted by Gasteiger charge is -2.31. The van der Waals surface area contributed by atoms with Gasteiger partial charge in [0.2, 0.25) is 5.91 Å². The van der Waals surface area contributed by atoms with Crippen molar-refractivity contribution in [3.63, 3.8) is 0 Å². The number of likely N-dealkylation sites (tertiary alicyclic amines) is 2. The third-order valence-electron chi connectivity index (χ3n) is 6.03. The lowest BCUT2D eigenvalue weighted by Crippen LogP contribution is -2.38. The lowest BCUT2D eigenvalue weighted by molar-refractivity contribution is -0.133. The maximum absolute atomic E-state index is 12.9. The summed E-state index contributed by atoms with van der Waals surface area (Å²) >= 11 is 0. The molecule has 148 valence electrons. The number of amides is 2. The van der Waals surface area contributed by atoms with E-state index in [4.69, 9.17) is 4.74 Å². The van der Waals surface area contributed by atoms with Crippen molar-refractivity contribution >= 4 is 11.8 Å². The number of carbonyl (C=O) groups excluding carboxylic acids is 2. The number of benzene rings is 1. The van der Waals surface area contributed by atoms with Crippen LogP contribution in [-0.2, 0) is 9.53 Å². The Hall–Kier alpha value is -2.67. The van der Waals surface area contributed by atoms with Crippen molar-refractivity contribution in [3.05, 3.63) is 53.6 Å². The molecule has 0 bridgehead atoms. The highest BCUT2D eigenvalue weighted by atomic mass is 16.5. The van der Waals surface area contributed by atoms with Gasteiger partial charge >= 0.3 is 0 Å². The van der Waals surface area contributed by atoms with Gasteiger partial charge < -0.3 is 19.5 Å².